The molecule has 0 unspecified atom stereocenters. The molecule has 0 aromatic carbocycles. The number of rotatable bonds is 6. The van der Waals surface area contributed by atoms with Gasteiger partial charge in [0.05, 0.1) is 11.1 Å². The summed E-state index contributed by atoms with van der Waals surface area (Å²) in [6.07, 6.45) is -0.588. The number of aromatic amines is 1. The molecule has 25 heavy (non-hydrogen) atoms. The predicted octanol–water partition coefficient (Wildman–Crippen LogP) is 4.20. The van der Waals surface area contributed by atoms with Gasteiger partial charge in [0.25, 0.3) is 5.56 Å². The minimum Gasteiger partial charge on any atom is -0.454 e. The van der Waals surface area contributed by atoms with E-state index in [4.69, 9.17) is 4.74 Å². The second-order valence-electron chi connectivity index (χ2n) is 5.62. The van der Waals surface area contributed by atoms with Crippen LogP contribution in [0.1, 0.15) is 34.2 Å². The Morgan fingerprint density at radius 1 is 1.44 bits per heavy atom. The molecular formula is C17H18N2O3S3. The number of nitrogens with one attached hydrogen (secondary N) is 1. The zero-order chi connectivity index (χ0) is 18.0. The molecule has 0 saturated carbocycles. The molecule has 0 saturated heterocycles. The van der Waals surface area contributed by atoms with Gasteiger partial charge in [-0.3, -0.25) is 9.59 Å². The highest BCUT2D eigenvalue weighted by molar-refractivity contribution is 7.99. The van der Waals surface area contributed by atoms with Gasteiger partial charge in [0.2, 0.25) is 0 Å². The Morgan fingerprint density at radius 2 is 2.24 bits per heavy atom. The lowest BCUT2D eigenvalue weighted by Gasteiger charge is -2.12. The standard InChI is InChI=1S/C17H18N2O3S3/c1-9-11(3)25-17-14(9)16(21)18-15(19-17)10(2)22-13(20)8-23-7-12-5-4-6-24-12/h4-6,10H,7-8H2,1-3H3,(H,18,19,21)/t10-/m0/s1. The van der Waals surface area contributed by atoms with Crippen molar-refractivity contribution in [2.75, 3.05) is 5.75 Å². The molecule has 0 bridgehead atoms. The number of esters is 1. The maximum Gasteiger partial charge on any atom is 0.316 e. The molecule has 3 aromatic rings. The smallest absolute Gasteiger partial charge is 0.316 e. The van der Waals surface area contributed by atoms with Crippen LogP contribution >= 0.6 is 34.4 Å². The molecule has 0 spiro atoms. The summed E-state index contributed by atoms with van der Waals surface area (Å²) < 4.78 is 5.41. The Balaban J connectivity index is 1.64. The number of thiophene rings is 2. The molecular weight excluding hydrogens is 376 g/mol. The molecule has 8 heteroatoms. The Kier molecular flexibility index (Phi) is 5.61. The molecule has 132 valence electrons. The molecule has 1 N–H and O–H groups in total. The maximum absolute atomic E-state index is 12.3. The Morgan fingerprint density at radius 3 is 2.96 bits per heavy atom. The van der Waals surface area contributed by atoms with Crippen molar-refractivity contribution in [2.45, 2.75) is 32.6 Å². The third-order valence-electron chi connectivity index (χ3n) is 3.80. The van der Waals surface area contributed by atoms with Crippen molar-refractivity contribution in [3.8, 4) is 0 Å². The highest BCUT2D eigenvalue weighted by Crippen LogP contribution is 2.27. The van der Waals surface area contributed by atoms with Crippen LogP contribution in [0, 0.1) is 13.8 Å². The lowest BCUT2D eigenvalue weighted by Crippen LogP contribution is -2.18. The first kappa shape index (κ1) is 18.2. The number of aromatic nitrogens is 2. The van der Waals surface area contributed by atoms with Crippen LogP contribution in [0.3, 0.4) is 0 Å². The average Bonchev–Trinajstić information content (AvgIpc) is 3.16. The van der Waals surface area contributed by atoms with Crippen molar-refractivity contribution in [2.24, 2.45) is 0 Å². The van der Waals surface area contributed by atoms with Gasteiger partial charge in [0, 0.05) is 15.5 Å². The minimum atomic E-state index is -0.588. The number of thioether (sulfide) groups is 1. The Bertz CT molecular complexity index is 944. The first-order chi connectivity index (χ1) is 12.0. The lowest BCUT2D eigenvalue weighted by atomic mass is 10.2. The zero-order valence-corrected chi connectivity index (χ0v) is 16.6. The van der Waals surface area contributed by atoms with Gasteiger partial charge in [-0.05, 0) is 37.8 Å². The summed E-state index contributed by atoms with van der Waals surface area (Å²) in [6, 6.07) is 4.04. The lowest BCUT2D eigenvalue weighted by molar-refractivity contribution is -0.145. The van der Waals surface area contributed by atoms with Crippen molar-refractivity contribution in [3.63, 3.8) is 0 Å². The number of ether oxygens (including phenoxy) is 1. The molecule has 1 atom stereocenters. The van der Waals surface area contributed by atoms with Crippen LogP contribution in [0.2, 0.25) is 0 Å². The third-order valence-corrected chi connectivity index (χ3v) is 6.91. The summed E-state index contributed by atoms with van der Waals surface area (Å²) in [6.45, 7) is 5.60. The van der Waals surface area contributed by atoms with E-state index in [1.54, 1.807) is 18.3 Å². The molecule has 3 rings (SSSR count). The molecule has 0 aliphatic rings. The van der Waals surface area contributed by atoms with Crippen LogP contribution in [-0.2, 0) is 15.3 Å². The van der Waals surface area contributed by atoms with Gasteiger partial charge in [-0.1, -0.05) is 6.07 Å². The summed E-state index contributed by atoms with van der Waals surface area (Å²) in [5.74, 6) is 1.13. The number of fused-ring (bicyclic) bond motifs is 1. The fourth-order valence-corrected chi connectivity index (χ4v) is 5.06. The highest BCUT2D eigenvalue weighted by atomic mass is 32.2. The van der Waals surface area contributed by atoms with E-state index < -0.39 is 6.10 Å². The van der Waals surface area contributed by atoms with Gasteiger partial charge in [0.1, 0.15) is 4.83 Å². The van der Waals surface area contributed by atoms with Gasteiger partial charge in [-0.25, -0.2) is 4.98 Å². The van der Waals surface area contributed by atoms with Crippen molar-refractivity contribution in [1.29, 1.82) is 0 Å². The van der Waals surface area contributed by atoms with Crippen LogP contribution in [0.4, 0.5) is 0 Å². The Labute approximate surface area is 157 Å². The number of aryl methyl sites for hydroxylation is 2. The molecule has 5 nitrogen and oxygen atoms in total. The fourth-order valence-electron chi connectivity index (χ4n) is 2.38. The van der Waals surface area contributed by atoms with Gasteiger partial charge >= 0.3 is 5.97 Å². The molecule has 3 aromatic heterocycles. The second-order valence-corrected chi connectivity index (χ2v) is 8.84. The quantitative estimate of drug-likeness (QED) is 0.635. The molecule has 0 aliphatic carbocycles. The van der Waals surface area contributed by atoms with E-state index in [-0.39, 0.29) is 17.3 Å². The van der Waals surface area contributed by atoms with Crippen molar-refractivity contribution in [1.82, 2.24) is 9.97 Å². The summed E-state index contributed by atoms with van der Waals surface area (Å²) in [7, 11) is 0. The zero-order valence-electron chi connectivity index (χ0n) is 14.1. The van der Waals surface area contributed by atoms with E-state index >= 15 is 0 Å². The average molecular weight is 395 g/mol. The molecule has 0 radical (unpaired) electrons. The van der Waals surface area contributed by atoms with Crippen LogP contribution in [0.25, 0.3) is 10.2 Å². The predicted molar refractivity (Wildman–Crippen MR) is 105 cm³/mol. The molecule has 0 amide bonds. The topological polar surface area (TPSA) is 72.0 Å². The van der Waals surface area contributed by atoms with Crippen LogP contribution in [-0.4, -0.2) is 21.7 Å². The van der Waals surface area contributed by atoms with Crippen LogP contribution in [0.5, 0.6) is 0 Å². The summed E-state index contributed by atoms with van der Waals surface area (Å²) in [4.78, 5) is 34.5. The first-order valence-electron chi connectivity index (χ1n) is 7.75. The number of hydrogen-bond acceptors (Lipinski definition) is 7. The summed E-state index contributed by atoms with van der Waals surface area (Å²) in [5, 5.41) is 2.64. The van der Waals surface area contributed by atoms with Crippen LogP contribution in [0.15, 0.2) is 22.3 Å². The van der Waals surface area contributed by atoms with Gasteiger partial charge in [-0.15, -0.1) is 34.4 Å². The Hall–Kier alpha value is -1.64. The van der Waals surface area contributed by atoms with E-state index in [2.05, 4.69) is 9.97 Å². The van der Waals surface area contributed by atoms with Gasteiger partial charge in [-0.2, -0.15) is 0 Å². The molecule has 0 aliphatic heterocycles. The number of H-pyrrole nitrogens is 1. The SMILES string of the molecule is Cc1sc2nc([C@H](C)OC(=O)CSCc3cccs3)[nH]c(=O)c2c1C. The van der Waals surface area contributed by atoms with Crippen molar-refractivity contribution >= 4 is 50.6 Å². The minimum absolute atomic E-state index is 0.184. The maximum atomic E-state index is 12.3. The summed E-state index contributed by atoms with van der Waals surface area (Å²) >= 11 is 4.66. The fraction of sp³-hybridized carbons (Fsp3) is 0.353. The molecule has 3 heterocycles. The number of hydrogen-bond donors (Lipinski definition) is 1. The van der Waals surface area contributed by atoms with E-state index in [1.165, 1.54) is 28.0 Å². The largest absolute Gasteiger partial charge is 0.454 e. The second kappa shape index (κ2) is 7.72. The number of carbonyl (C=O) groups excluding carboxylic acids is 1. The van der Waals surface area contributed by atoms with E-state index in [9.17, 15) is 9.59 Å². The normalized spacial score (nSPS) is 12.4. The first-order valence-corrected chi connectivity index (χ1v) is 10.6. The number of nitrogens with zero attached hydrogens (tertiary/aromatic N) is 1. The van der Waals surface area contributed by atoms with Crippen LogP contribution < -0.4 is 5.56 Å². The molecule has 0 fully saturated rings. The monoisotopic (exact) mass is 394 g/mol. The van der Waals surface area contributed by atoms with E-state index in [1.807, 2.05) is 31.4 Å². The number of carbonyl (C=O) groups is 1. The van der Waals surface area contributed by atoms with Crippen molar-refractivity contribution in [3.05, 3.63) is 49.0 Å². The van der Waals surface area contributed by atoms with Gasteiger partial charge in [0.15, 0.2) is 11.9 Å². The van der Waals surface area contributed by atoms with E-state index in [0.717, 1.165) is 16.2 Å². The highest BCUT2D eigenvalue weighted by Gasteiger charge is 2.18. The third kappa shape index (κ3) is 4.13. The summed E-state index contributed by atoms with van der Waals surface area (Å²) in [5.41, 5.74) is 0.770. The van der Waals surface area contributed by atoms with Crippen molar-refractivity contribution < 1.29 is 9.53 Å². The van der Waals surface area contributed by atoms with Gasteiger partial charge < -0.3 is 9.72 Å². The van der Waals surface area contributed by atoms with E-state index in [0.29, 0.717) is 16.0 Å².